The Morgan fingerprint density at radius 2 is 1.91 bits per heavy atom. The van der Waals surface area contributed by atoms with Crippen molar-refractivity contribution < 1.29 is 0 Å². The van der Waals surface area contributed by atoms with E-state index < -0.39 is 0 Å². The fourth-order valence-corrected chi connectivity index (χ4v) is 2.35. The number of anilines is 1. The van der Waals surface area contributed by atoms with E-state index in [2.05, 4.69) is 70.7 Å². The molecule has 0 saturated carbocycles. The lowest BCUT2D eigenvalue weighted by atomic mass is 10.0. The highest BCUT2D eigenvalue weighted by Crippen LogP contribution is 2.20. The molecule has 1 aromatic heterocycles. The summed E-state index contributed by atoms with van der Waals surface area (Å²) in [5.74, 6) is 1.35. The number of H-pyrrole nitrogens is 1. The molecule has 112 valence electrons. The van der Waals surface area contributed by atoms with Crippen LogP contribution in [0.5, 0.6) is 0 Å². The van der Waals surface area contributed by atoms with Gasteiger partial charge in [0.15, 0.2) is 5.82 Å². The van der Waals surface area contributed by atoms with Crippen molar-refractivity contribution in [3.8, 4) is 11.4 Å². The van der Waals surface area contributed by atoms with Gasteiger partial charge in [0.2, 0.25) is 0 Å². The molecule has 22 heavy (non-hydrogen) atoms. The second kappa shape index (κ2) is 6.43. The molecule has 0 fully saturated rings. The SMILES string of the molecule is CC(C)c1ccc(CNc2cccc(-c3nnc[nH]3)c2)cc1. The van der Waals surface area contributed by atoms with Crippen LogP contribution in [0.3, 0.4) is 0 Å². The van der Waals surface area contributed by atoms with Gasteiger partial charge in [-0.15, -0.1) is 10.2 Å². The van der Waals surface area contributed by atoms with Crippen LogP contribution in [0.15, 0.2) is 54.9 Å². The summed E-state index contributed by atoms with van der Waals surface area (Å²) in [6.45, 7) is 5.22. The Bertz CT molecular complexity index is 715. The van der Waals surface area contributed by atoms with Crippen LogP contribution in [0.4, 0.5) is 5.69 Å². The smallest absolute Gasteiger partial charge is 0.161 e. The monoisotopic (exact) mass is 292 g/mol. The highest BCUT2D eigenvalue weighted by molar-refractivity contribution is 5.62. The van der Waals surface area contributed by atoms with Crippen molar-refractivity contribution in [1.82, 2.24) is 15.2 Å². The van der Waals surface area contributed by atoms with Gasteiger partial charge < -0.3 is 10.3 Å². The quantitative estimate of drug-likeness (QED) is 0.740. The van der Waals surface area contributed by atoms with Crippen molar-refractivity contribution in [3.05, 3.63) is 66.0 Å². The van der Waals surface area contributed by atoms with Crippen LogP contribution in [-0.2, 0) is 6.54 Å². The van der Waals surface area contributed by atoms with Gasteiger partial charge in [-0.3, -0.25) is 0 Å². The molecule has 2 aromatic carbocycles. The number of rotatable bonds is 5. The van der Waals surface area contributed by atoms with E-state index in [4.69, 9.17) is 0 Å². The zero-order valence-corrected chi connectivity index (χ0v) is 12.9. The molecule has 0 saturated heterocycles. The van der Waals surface area contributed by atoms with Crippen molar-refractivity contribution in [3.63, 3.8) is 0 Å². The maximum Gasteiger partial charge on any atom is 0.161 e. The van der Waals surface area contributed by atoms with Gasteiger partial charge in [0.1, 0.15) is 6.33 Å². The van der Waals surface area contributed by atoms with Gasteiger partial charge in [0, 0.05) is 17.8 Å². The predicted octanol–water partition coefficient (Wildman–Crippen LogP) is 4.21. The average molecular weight is 292 g/mol. The predicted molar refractivity (Wildman–Crippen MR) is 89.7 cm³/mol. The Hall–Kier alpha value is -2.62. The minimum atomic E-state index is 0.570. The summed E-state index contributed by atoms with van der Waals surface area (Å²) < 4.78 is 0. The molecule has 0 unspecified atom stereocenters. The third-order valence-electron chi connectivity index (χ3n) is 3.70. The van der Waals surface area contributed by atoms with Crippen LogP contribution in [-0.4, -0.2) is 15.2 Å². The van der Waals surface area contributed by atoms with Crippen molar-refractivity contribution >= 4 is 5.69 Å². The van der Waals surface area contributed by atoms with E-state index >= 15 is 0 Å². The molecule has 3 aromatic rings. The highest BCUT2D eigenvalue weighted by atomic mass is 15.2. The number of aromatic amines is 1. The van der Waals surface area contributed by atoms with E-state index in [1.807, 2.05) is 12.1 Å². The first-order valence-electron chi connectivity index (χ1n) is 7.51. The lowest BCUT2D eigenvalue weighted by molar-refractivity contribution is 0.865. The number of hydrogen-bond acceptors (Lipinski definition) is 3. The topological polar surface area (TPSA) is 53.6 Å². The standard InChI is InChI=1S/C18H20N4/c1-13(2)15-8-6-14(7-9-15)11-19-17-5-3-4-16(10-17)18-20-12-21-22-18/h3-10,12-13,19H,11H2,1-2H3,(H,20,21,22). The summed E-state index contributed by atoms with van der Waals surface area (Å²) in [6, 6.07) is 16.9. The molecule has 2 N–H and O–H groups in total. The highest BCUT2D eigenvalue weighted by Gasteiger charge is 2.02. The van der Waals surface area contributed by atoms with E-state index in [1.165, 1.54) is 11.1 Å². The molecule has 3 rings (SSSR count). The number of nitrogens with one attached hydrogen (secondary N) is 2. The van der Waals surface area contributed by atoms with Gasteiger partial charge >= 0.3 is 0 Å². The van der Waals surface area contributed by atoms with Crippen LogP contribution < -0.4 is 5.32 Å². The van der Waals surface area contributed by atoms with Gasteiger partial charge in [0.05, 0.1) is 0 Å². The van der Waals surface area contributed by atoms with Gasteiger partial charge in [-0.1, -0.05) is 50.2 Å². The normalized spacial score (nSPS) is 10.9. The Balaban J connectivity index is 1.67. The van der Waals surface area contributed by atoms with E-state index in [1.54, 1.807) is 6.33 Å². The molecule has 0 atom stereocenters. The third kappa shape index (κ3) is 3.34. The lowest BCUT2D eigenvalue weighted by Gasteiger charge is -2.09. The fraction of sp³-hybridized carbons (Fsp3) is 0.222. The van der Waals surface area contributed by atoms with Crippen LogP contribution in [0.25, 0.3) is 11.4 Å². The molecular weight excluding hydrogens is 272 g/mol. The van der Waals surface area contributed by atoms with Crippen molar-refractivity contribution in [2.45, 2.75) is 26.3 Å². The lowest BCUT2D eigenvalue weighted by Crippen LogP contribution is -2.00. The molecule has 0 amide bonds. The first-order valence-corrected chi connectivity index (χ1v) is 7.51. The van der Waals surface area contributed by atoms with Gasteiger partial charge in [-0.2, -0.15) is 0 Å². The summed E-state index contributed by atoms with van der Waals surface area (Å²) in [5.41, 5.74) is 4.74. The fourth-order valence-electron chi connectivity index (χ4n) is 2.35. The van der Waals surface area contributed by atoms with Crippen LogP contribution in [0.2, 0.25) is 0 Å². The number of aromatic nitrogens is 3. The number of nitrogens with zero attached hydrogens (tertiary/aromatic N) is 2. The molecule has 0 radical (unpaired) electrons. The molecule has 0 aliphatic rings. The van der Waals surface area contributed by atoms with E-state index in [0.717, 1.165) is 23.6 Å². The van der Waals surface area contributed by atoms with Crippen molar-refractivity contribution in [2.24, 2.45) is 0 Å². The third-order valence-corrected chi connectivity index (χ3v) is 3.70. The second-order valence-corrected chi connectivity index (χ2v) is 5.67. The molecule has 4 nitrogen and oxygen atoms in total. The van der Waals surface area contributed by atoms with E-state index in [0.29, 0.717) is 5.92 Å². The number of hydrogen-bond donors (Lipinski definition) is 2. The molecule has 0 aliphatic carbocycles. The van der Waals surface area contributed by atoms with Gasteiger partial charge in [0.25, 0.3) is 0 Å². The molecule has 0 spiro atoms. The van der Waals surface area contributed by atoms with Crippen LogP contribution in [0.1, 0.15) is 30.9 Å². The maximum atomic E-state index is 4.04. The first kappa shape index (κ1) is 14.3. The van der Waals surface area contributed by atoms with Crippen LogP contribution >= 0.6 is 0 Å². The minimum absolute atomic E-state index is 0.570. The summed E-state index contributed by atoms with van der Waals surface area (Å²) in [7, 11) is 0. The molecule has 0 bridgehead atoms. The first-order chi connectivity index (χ1) is 10.7. The Morgan fingerprint density at radius 3 is 2.59 bits per heavy atom. The molecule has 4 heteroatoms. The minimum Gasteiger partial charge on any atom is -0.381 e. The Kier molecular flexibility index (Phi) is 4.19. The van der Waals surface area contributed by atoms with E-state index in [-0.39, 0.29) is 0 Å². The van der Waals surface area contributed by atoms with Crippen molar-refractivity contribution in [1.29, 1.82) is 0 Å². The average Bonchev–Trinajstić information content (AvgIpc) is 3.08. The zero-order valence-electron chi connectivity index (χ0n) is 12.9. The van der Waals surface area contributed by atoms with Gasteiger partial charge in [-0.05, 0) is 29.2 Å². The second-order valence-electron chi connectivity index (χ2n) is 5.67. The summed E-state index contributed by atoms with van der Waals surface area (Å²) in [4.78, 5) is 3.02. The molecule has 0 aliphatic heterocycles. The largest absolute Gasteiger partial charge is 0.381 e. The Labute approximate surface area is 130 Å². The summed E-state index contributed by atoms with van der Waals surface area (Å²) in [6.07, 6.45) is 1.59. The molecular formula is C18H20N4. The van der Waals surface area contributed by atoms with E-state index in [9.17, 15) is 0 Å². The van der Waals surface area contributed by atoms with Crippen molar-refractivity contribution in [2.75, 3.05) is 5.32 Å². The molecule has 1 heterocycles. The maximum absolute atomic E-state index is 4.04. The van der Waals surface area contributed by atoms with Gasteiger partial charge in [-0.25, -0.2) is 0 Å². The summed E-state index contributed by atoms with van der Waals surface area (Å²) in [5, 5.41) is 11.3. The number of benzene rings is 2. The Morgan fingerprint density at radius 1 is 1.09 bits per heavy atom. The summed E-state index contributed by atoms with van der Waals surface area (Å²) >= 11 is 0. The zero-order chi connectivity index (χ0) is 15.4. The van der Waals surface area contributed by atoms with Crippen LogP contribution in [0, 0.1) is 0 Å².